The van der Waals surface area contributed by atoms with Crippen LogP contribution < -0.4 is 15.4 Å². The van der Waals surface area contributed by atoms with E-state index >= 15 is 0 Å². The lowest BCUT2D eigenvalue weighted by molar-refractivity contribution is -0.00959. The van der Waals surface area contributed by atoms with Crippen LogP contribution in [0.1, 0.15) is 5.56 Å². The molecule has 0 atom stereocenters. The number of anilines is 2. The number of para-hydroxylation sites is 1. The van der Waals surface area contributed by atoms with Crippen molar-refractivity contribution in [2.45, 2.75) is 11.8 Å². The van der Waals surface area contributed by atoms with Crippen LogP contribution >= 0.6 is 11.9 Å². The first-order valence-electron chi connectivity index (χ1n) is 8.28. The Hall–Kier alpha value is -3.33. The summed E-state index contributed by atoms with van der Waals surface area (Å²) in [5.41, 5.74) is 10.2. The second kappa shape index (κ2) is 7.35. The molecule has 28 heavy (non-hydrogen) atoms. The Kier molecular flexibility index (Phi) is 4.74. The van der Waals surface area contributed by atoms with Crippen molar-refractivity contribution in [3.8, 4) is 17.0 Å². The number of aromatic nitrogens is 3. The van der Waals surface area contributed by atoms with Gasteiger partial charge in [-0.3, -0.25) is 10.0 Å². The highest BCUT2D eigenvalue weighted by Crippen LogP contribution is 2.33. The van der Waals surface area contributed by atoms with Crippen LogP contribution in [-0.4, -0.2) is 15.2 Å². The van der Waals surface area contributed by atoms with E-state index in [0.717, 1.165) is 33.3 Å². The predicted molar refractivity (Wildman–Crippen MR) is 106 cm³/mol. The number of rotatable bonds is 5. The topological polar surface area (TPSA) is 88.8 Å². The zero-order valence-corrected chi connectivity index (χ0v) is 15.5. The zero-order valence-electron chi connectivity index (χ0n) is 14.7. The summed E-state index contributed by atoms with van der Waals surface area (Å²) >= 11 is 1.22. The van der Waals surface area contributed by atoms with Crippen molar-refractivity contribution in [3.05, 3.63) is 59.9 Å². The van der Waals surface area contributed by atoms with Crippen molar-refractivity contribution >= 4 is 34.5 Å². The number of hydrogen-bond donors (Lipinski definition) is 3. The molecule has 0 aliphatic heterocycles. The Morgan fingerprint density at radius 2 is 2.04 bits per heavy atom. The van der Waals surface area contributed by atoms with E-state index in [1.54, 1.807) is 0 Å². The van der Waals surface area contributed by atoms with Crippen LogP contribution in [-0.2, 0) is 0 Å². The molecule has 0 saturated carbocycles. The van der Waals surface area contributed by atoms with Gasteiger partial charge in [-0.2, -0.15) is 5.10 Å². The fourth-order valence-corrected chi connectivity index (χ4v) is 3.60. The Morgan fingerprint density at radius 1 is 1.18 bits per heavy atom. The highest BCUT2D eigenvalue weighted by molar-refractivity contribution is 8.00. The number of aromatic amines is 1. The van der Waals surface area contributed by atoms with E-state index in [9.17, 15) is 8.92 Å². The first-order chi connectivity index (χ1) is 13.6. The van der Waals surface area contributed by atoms with E-state index in [-0.39, 0.29) is 5.69 Å². The van der Waals surface area contributed by atoms with Crippen LogP contribution in [0.2, 0.25) is 0 Å². The van der Waals surface area contributed by atoms with E-state index in [2.05, 4.69) is 24.8 Å². The number of benzene rings is 2. The average Bonchev–Trinajstić information content (AvgIpc) is 3.07. The Labute approximate surface area is 163 Å². The maximum Gasteiger partial charge on any atom is 0.231 e. The number of nitrogens with one attached hydrogen (secondary N) is 2. The molecule has 4 aromatic rings. The molecule has 0 fully saturated rings. The van der Waals surface area contributed by atoms with Crippen molar-refractivity contribution in [2.75, 3.05) is 10.5 Å². The van der Waals surface area contributed by atoms with Gasteiger partial charge in [-0.15, -0.1) is 0 Å². The molecule has 0 aliphatic carbocycles. The maximum atomic E-state index is 13.6. The van der Waals surface area contributed by atoms with E-state index in [0.29, 0.717) is 11.3 Å². The Bertz CT molecular complexity index is 1160. The van der Waals surface area contributed by atoms with Crippen molar-refractivity contribution in [1.82, 2.24) is 15.2 Å². The third-order valence-corrected chi connectivity index (χ3v) is 5.04. The molecule has 9 heteroatoms. The molecule has 6 nitrogen and oxygen atoms in total. The van der Waals surface area contributed by atoms with Crippen molar-refractivity contribution in [1.29, 1.82) is 0 Å². The number of nitrogens with zero attached hydrogens (tertiary/aromatic N) is 2. The van der Waals surface area contributed by atoms with Gasteiger partial charge in [0.2, 0.25) is 5.75 Å². The van der Waals surface area contributed by atoms with Gasteiger partial charge < -0.3 is 10.5 Å². The molecular formula is C19H15F2N5OS. The van der Waals surface area contributed by atoms with E-state index in [1.807, 2.05) is 37.3 Å². The summed E-state index contributed by atoms with van der Waals surface area (Å²) < 4.78 is 29.0. The molecule has 2 aromatic heterocycles. The lowest BCUT2D eigenvalue weighted by atomic mass is 10.1. The van der Waals surface area contributed by atoms with Crippen molar-refractivity contribution in [3.63, 3.8) is 0 Å². The summed E-state index contributed by atoms with van der Waals surface area (Å²) in [6.07, 6.45) is 0. The molecule has 2 aromatic carbocycles. The van der Waals surface area contributed by atoms with Gasteiger partial charge in [-0.05, 0) is 60.8 Å². The first-order valence-corrected chi connectivity index (χ1v) is 9.10. The fourth-order valence-electron chi connectivity index (χ4n) is 2.84. The molecule has 142 valence electrons. The number of pyridine rings is 1. The minimum absolute atomic E-state index is 0.205. The number of fused-ring (bicyclic) bond motifs is 1. The molecule has 0 radical (unpaired) electrons. The lowest BCUT2D eigenvalue weighted by Crippen LogP contribution is -1.94. The van der Waals surface area contributed by atoms with Gasteiger partial charge in [0, 0.05) is 15.0 Å². The van der Waals surface area contributed by atoms with E-state index in [1.165, 1.54) is 24.1 Å². The molecular weight excluding hydrogens is 384 g/mol. The summed E-state index contributed by atoms with van der Waals surface area (Å²) in [6.45, 7) is 1.96. The van der Waals surface area contributed by atoms with Gasteiger partial charge in [0.05, 0.1) is 16.9 Å². The summed E-state index contributed by atoms with van der Waals surface area (Å²) in [6, 6.07) is 13.7. The summed E-state index contributed by atoms with van der Waals surface area (Å²) in [4.78, 5) is 9.07. The maximum absolute atomic E-state index is 13.6. The summed E-state index contributed by atoms with van der Waals surface area (Å²) in [5.74, 6) is -0.898. The van der Waals surface area contributed by atoms with Crippen LogP contribution in [0, 0.1) is 12.7 Å². The molecule has 0 unspecified atom stereocenters. The SMILES string of the molecule is Cc1cc(SNc2cccc(F)c2OF)ccc1-c1ccc2[nH]nc(N)c2n1. The molecule has 0 bridgehead atoms. The molecule has 0 spiro atoms. The predicted octanol–water partition coefficient (Wildman–Crippen LogP) is 5.04. The highest BCUT2D eigenvalue weighted by Gasteiger charge is 2.12. The van der Waals surface area contributed by atoms with Crippen LogP contribution in [0.15, 0.2) is 53.4 Å². The first kappa shape index (κ1) is 18.1. The summed E-state index contributed by atoms with van der Waals surface area (Å²) in [7, 11) is 0. The normalized spacial score (nSPS) is 11.0. The second-order valence-electron chi connectivity index (χ2n) is 6.08. The van der Waals surface area contributed by atoms with Gasteiger partial charge in [0.25, 0.3) is 0 Å². The smallest absolute Gasteiger partial charge is 0.231 e. The summed E-state index contributed by atoms with van der Waals surface area (Å²) in [5, 5.41) is 6.78. The van der Waals surface area contributed by atoms with Gasteiger partial charge in [0.15, 0.2) is 11.6 Å². The molecule has 2 heterocycles. The average molecular weight is 399 g/mol. The van der Waals surface area contributed by atoms with Gasteiger partial charge in [-0.25, -0.2) is 9.37 Å². The number of nitrogen functional groups attached to an aromatic ring is 1. The van der Waals surface area contributed by atoms with Crippen LogP contribution in [0.25, 0.3) is 22.3 Å². The van der Waals surface area contributed by atoms with Gasteiger partial charge in [-0.1, -0.05) is 12.1 Å². The standard InChI is InChI=1S/C19H15F2N5OS/c1-10-9-11(28-26-16-4-2-3-13(20)18(16)27-21)5-6-12(10)14-7-8-15-17(23-14)19(22)25-24-15/h2-9,26H,1H3,(H3,22,24,25). The fraction of sp³-hybridized carbons (Fsp3) is 0.0526. The molecule has 0 amide bonds. The molecule has 0 saturated heterocycles. The van der Waals surface area contributed by atoms with Gasteiger partial charge in [0.1, 0.15) is 5.52 Å². The number of hydrogen-bond acceptors (Lipinski definition) is 6. The number of nitrogens with two attached hydrogens (primary N) is 1. The number of halogens is 2. The molecule has 4 rings (SSSR count). The van der Waals surface area contributed by atoms with Crippen molar-refractivity contribution in [2.24, 2.45) is 0 Å². The Morgan fingerprint density at radius 3 is 2.82 bits per heavy atom. The van der Waals surface area contributed by atoms with Crippen LogP contribution in [0.5, 0.6) is 5.75 Å². The third-order valence-electron chi connectivity index (χ3n) is 4.23. The molecule has 0 aliphatic rings. The Balaban J connectivity index is 1.57. The quantitative estimate of drug-likeness (QED) is 0.408. The van der Waals surface area contributed by atoms with E-state index in [4.69, 9.17) is 5.73 Å². The monoisotopic (exact) mass is 399 g/mol. The molecule has 4 N–H and O–H groups in total. The van der Waals surface area contributed by atoms with Gasteiger partial charge >= 0.3 is 0 Å². The largest absolute Gasteiger partial charge is 0.380 e. The highest BCUT2D eigenvalue weighted by atomic mass is 32.2. The lowest BCUT2D eigenvalue weighted by Gasteiger charge is -2.11. The van der Waals surface area contributed by atoms with Crippen LogP contribution in [0.4, 0.5) is 20.4 Å². The second-order valence-corrected chi connectivity index (χ2v) is 6.96. The van der Waals surface area contributed by atoms with Crippen LogP contribution in [0.3, 0.4) is 0 Å². The van der Waals surface area contributed by atoms with E-state index < -0.39 is 11.6 Å². The zero-order chi connectivity index (χ0) is 19.7. The number of aryl methyl sites for hydroxylation is 1. The third kappa shape index (κ3) is 3.31. The number of H-pyrrole nitrogens is 1. The minimum atomic E-state index is -0.778. The minimum Gasteiger partial charge on any atom is -0.380 e. The van der Waals surface area contributed by atoms with Crippen molar-refractivity contribution < 1.29 is 13.9 Å².